The van der Waals surface area contributed by atoms with E-state index in [9.17, 15) is 4.79 Å². The molecule has 7 heteroatoms. The Morgan fingerprint density at radius 3 is 2.78 bits per heavy atom. The van der Waals surface area contributed by atoms with Crippen molar-refractivity contribution < 1.29 is 9.53 Å². The van der Waals surface area contributed by atoms with Crippen molar-refractivity contribution in [2.24, 2.45) is 5.10 Å². The number of fused-ring (bicyclic) bond motifs is 1. The molecule has 0 aliphatic carbocycles. The van der Waals surface area contributed by atoms with E-state index in [1.165, 1.54) is 18.0 Å². The Morgan fingerprint density at radius 2 is 2.04 bits per heavy atom. The number of hydrogen-bond donors (Lipinski definition) is 1. The summed E-state index contributed by atoms with van der Waals surface area (Å²) in [5.41, 5.74) is 3.90. The number of nitrogens with zero attached hydrogens (tertiary/aromatic N) is 2. The highest BCUT2D eigenvalue weighted by molar-refractivity contribution is 8.00. The summed E-state index contributed by atoms with van der Waals surface area (Å²) < 4.78 is 5.19. The van der Waals surface area contributed by atoms with E-state index in [4.69, 9.17) is 16.3 Å². The minimum atomic E-state index is -0.276. The first kappa shape index (κ1) is 19.2. The first-order valence-electron chi connectivity index (χ1n) is 8.26. The highest BCUT2D eigenvalue weighted by Gasteiger charge is 2.13. The van der Waals surface area contributed by atoms with Gasteiger partial charge in [-0.05, 0) is 37.3 Å². The molecule has 3 aromatic rings. The van der Waals surface area contributed by atoms with Crippen LogP contribution in [0, 0.1) is 0 Å². The zero-order valence-corrected chi connectivity index (χ0v) is 16.4. The van der Waals surface area contributed by atoms with Crippen LogP contribution < -0.4 is 10.2 Å². The molecule has 0 radical (unpaired) electrons. The summed E-state index contributed by atoms with van der Waals surface area (Å²) >= 11 is 7.69. The first-order chi connectivity index (χ1) is 13.1. The normalized spacial score (nSPS) is 12.3. The number of nitrogens with one attached hydrogen (secondary N) is 1. The molecule has 0 aliphatic rings. The van der Waals surface area contributed by atoms with Crippen molar-refractivity contribution in [3.8, 4) is 5.75 Å². The van der Waals surface area contributed by atoms with E-state index >= 15 is 0 Å². The average Bonchev–Trinajstić information content (AvgIpc) is 2.68. The van der Waals surface area contributed by atoms with Gasteiger partial charge in [0.2, 0.25) is 0 Å². The van der Waals surface area contributed by atoms with E-state index in [-0.39, 0.29) is 11.2 Å². The topological polar surface area (TPSA) is 63.6 Å². The molecule has 0 spiro atoms. The van der Waals surface area contributed by atoms with Gasteiger partial charge in [0.15, 0.2) is 0 Å². The van der Waals surface area contributed by atoms with Crippen LogP contribution in [0.4, 0.5) is 0 Å². The van der Waals surface area contributed by atoms with Gasteiger partial charge in [0, 0.05) is 21.9 Å². The van der Waals surface area contributed by atoms with Crippen LogP contribution in [0.1, 0.15) is 12.5 Å². The summed E-state index contributed by atoms with van der Waals surface area (Å²) in [7, 11) is 1.60. The van der Waals surface area contributed by atoms with E-state index in [0.29, 0.717) is 16.5 Å². The van der Waals surface area contributed by atoms with Crippen LogP contribution >= 0.6 is 23.4 Å². The molecule has 0 aliphatic heterocycles. The summed E-state index contributed by atoms with van der Waals surface area (Å²) in [5.74, 6) is 0.527. The van der Waals surface area contributed by atoms with Gasteiger partial charge >= 0.3 is 0 Å². The first-order valence-corrected chi connectivity index (χ1v) is 9.51. The Balaban J connectivity index is 1.66. The molecule has 5 nitrogen and oxygen atoms in total. The molecular formula is C20H18ClN3O2S. The van der Waals surface area contributed by atoms with Gasteiger partial charge in [-0.15, -0.1) is 11.8 Å². The number of carbonyl (C=O) groups is 1. The molecule has 1 aromatic heterocycles. The second kappa shape index (κ2) is 8.88. The van der Waals surface area contributed by atoms with Gasteiger partial charge in [-0.25, -0.2) is 10.4 Å². The second-order valence-corrected chi connectivity index (χ2v) is 7.51. The van der Waals surface area contributed by atoms with Crippen molar-refractivity contribution in [3.63, 3.8) is 0 Å². The number of amides is 1. The minimum absolute atomic E-state index is 0.185. The van der Waals surface area contributed by atoms with Crippen LogP contribution in [-0.4, -0.2) is 29.5 Å². The molecule has 0 unspecified atom stereocenters. The van der Waals surface area contributed by atoms with Crippen LogP contribution in [0.15, 0.2) is 64.6 Å². The monoisotopic (exact) mass is 399 g/mol. The van der Waals surface area contributed by atoms with Gasteiger partial charge in [-0.2, -0.15) is 5.10 Å². The summed E-state index contributed by atoms with van der Waals surface area (Å²) in [5, 5.41) is 4.95. The van der Waals surface area contributed by atoms with Crippen molar-refractivity contribution >= 4 is 46.4 Å². The minimum Gasteiger partial charge on any atom is -0.497 e. The number of rotatable bonds is 6. The zero-order chi connectivity index (χ0) is 19.2. The highest BCUT2D eigenvalue weighted by atomic mass is 35.5. The molecule has 138 valence electrons. The molecule has 0 fully saturated rings. The second-order valence-electron chi connectivity index (χ2n) is 5.73. The molecule has 3 rings (SSSR count). The lowest BCUT2D eigenvalue weighted by Crippen LogP contribution is -2.26. The van der Waals surface area contributed by atoms with Gasteiger partial charge < -0.3 is 4.74 Å². The smallest absolute Gasteiger partial charge is 0.253 e. The lowest BCUT2D eigenvalue weighted by molar-refractivity contribution is -0.120. The summed E-state index contributed by atoms with van der Waals surface area (Å²) in [6.45, 7) is 1.83. The fourth-order valence-corrected chi connectivity index (χ4v) is 3.45. The Hall–Kier alpha value is -2.57. The summed E-state index contributed by atoms with van der Waals surface area (Å²) in [6.07, 6.45) is 1.50. The van der Waals surface area contributed by atoms with E-state index in [1.54, 1.807) is 7.11 Å². The molecule has 0 bridgehead atoms. The lowest BCUT2D eigenvalue weighted by Gasteiger charge is -2.09. The van der Waals surface area contributed by atoms with Gasteiger partial charge in [-0.3, -0.25) is 4.79 Å². The number of aromatic nitrogens is 1. The fraction of sp³-hybridized carbons (Fsp3) is 0.150. The van der Waals surface area contributed by atoms with Crippen molar-refractivity contribution in [2.75, 3.05) is 7.11 Å². The van der Waals surface area contributed by atoms with Gasteiger partial charge in [0.25, 0.3) is 5.91 Å². The number of hydrazone groups is 1. The molecule has 1 N–H and O–H groups in total. The molecule has 2 aromatic carbocycles. The molecule has 0 saturated carbocycles. The number of ether oxygens (including phenoxy) is 1. The van der Waals surface area contributed by atoms with Crippen LogP contribution in [0.3, 0.4) is 0 Å². The summed E-state index contributed by atoms with van der Waals surface area (Å²) in [6, 6.07) is 17.2. The van der Waals surface area contributed by atoms with E-state index in [2.05, 4.69) is 15.5 Å². The molecule has 1 atom stereocenters. The Labute approximate surface area is 166 Å². The maximum absolute atomic E-state index is 12.2. The van der Waals surface area contributed by atoms with E-state index in [1.807, 2.05) is 61.5 Å². The third-order valence-electron chi connectivity index (χ3n) is 3.81. The number of methoxy groups -OCH3 is 1. The maximum Gasteiger partial charge on any atom is 0.253 e. The third-order valence-corrected chi connectivity index (χ3v) is 5.22. The molecular weight excluding hydrogens is 382 g/mol. The van der Waals surface area contributed by atoms with Crippen LogP contribution in [0.5, 0.6) is 5.75 Å². The number of halogens is 1. The van der Waals surface area contributed by atoms with Crippen molar-refractivity contribution in [1.82, 2.24) is 10.4 Å². The Kier molecular flexibility index (Phi) is 6.32. The molecule has 1 amide bonds. The van der Waals surface area contributed by atoms with E-state index in [0.717, 1.165) is 15.8 Å². The van der Waals surface area contributed by atoms with Crippen molar-refractivity contribution in [3.05, 3.63) is 65.3 Å². The lowest BCUT2D eigenvalue weighted by atomic mass is 10.1. The Bertz CT molecular complexity index is 980. The number of pyridine rings is 1. The SMILES string of the molecule is COc1ccc2cc(/C=N\NC(=O)[C@H](C)Sc3ccccc3)c(Cl)nc2c1. The number of thioether (sulfide) groups is 1. The highest BCUT2D eigenvalue weighted by Crippen LogP contribution is 2.24. The van der Waals surface area contributed by atoms with Crippen LogP contribution in [0.25, 0.3) is 10.9 Å². The maximum atomic E-state index is 12.2. The average molecular weight is 400 g/mol. The van der Waals surface area contributed by atoms with Crippen LogP contribution in [-0.2, 0) is 4.79 Å². The van der Waals surface area contributed by atoms with Crippen LogP contribution in [0.2, 0.25) is 5.15 Å². The number of carbonyl (C=O) groups excluding carboxylic acids is 1. The predicted molar refractivity (Wildman–Crippen MR) is 111 cm³/mol. The fourth-order valence-electron chi connectivity index (χ4n) is 2.37. The number of hydrogen-bond acceptors (Lipinski definition) is 5. The largest absolute Gasteiger partial charge is 0.497 e. The van der Waals surface area contributed by atoms with E-state index < -0.39 is 0 Å². The molecule has 1 heterocycles. The quantitative estimate of drug-likeness (QED) is 0.286. The van der Waals surface area contributed by atoms with Gasteiger partial charge in [-0.1, -0.05) is 29.8 Å². The third kappa shape index (κ3) is 4.99. The molecule has 0 saturated heterocycles. The summed E-state index contributed by atoms with van der Waals surface area (Å²) in [4.78, 5) is 17.6. The van der Waals surface area contributed by atoms with Crippen molar-refractivity contribution in [1.29, 1.82) is 0 Å². The van der Waals surface area contributed by atoms with Crippen molar-refractivity contribution in [2.45, 2.75) is 17.1 Å². The predicted octanol–water partition coefficient (Wildman–Crippen LogP) is 4.53. The molecule has 27 heavy (non-hydrogen) atoms. The zero-order valence-electron chi connectivity index (χ0n) is 14.8. The Morgan fingerprint density at radius 1 is 1.26 bits per heavy atom. The number of benzene rings is 2. The standard InChI is InChI=1S/C20H18ClN3O2S/c1-13(27-17-6-4-3-5-7-17)20(25)24-22-12-15-10-14-8-9-16(26-2)11-18(14)23-19(15)21/h3-13H,1-2H3,(H,24,25)/b22-12-/t13-/m0/s1. The van der Waals surface area contributed by atoms with Gasteiger partial charge in [0.1, 0.15) is 10.9 Å². The van der Waals surface area contributed by atoms with Gasteiger partial charge in [0.05, 0.1) is 24.1 Å².